The van der Waals surface area contributed by atoms with E-state index < -0.39 is 0 Å². The molecule has 1 N–H and O–H groups in total. The number of hydrogen-bond acceptors (Lipinski definition) is 4. The molecule has 1 amide bonds. The molecule has 0 saturated heterocycles. The second-order valence-electron chi connectivity index (χ2n) is 6.38. The van der Waals surface area contributed by atoms with Gasteiger partial charge in [0, 0.05) is 30.1 Å². The molecule has 2 aromatic heterocycles. The normalized spacial score (nSPS) is 23.2. The molecule has 5 nitrogen and oxygen atoms in total. The van der Waals surface area contributed by atoms with E-state index in [1.54, 1.807) is 11.3 Å². The number of imidazole rings is 1. The Morgan fingerprint density at radius 3 is 3.35 bits per heavy atom. The van der Waals surface area contributed by atoms with E-state index in [-0.39, 0.29) is 18.1 Å². The Morgan fingerprint density at radius 2 is 2.43 bits per heavy atom. The number of aromatic nitrogens is 2. The molecular weight excluding hydrogens is 310 g/mol. The van der Waals surface area contributed by atoms with Crippen molar-refractivity contribution in [1.82, 2.24) is 14.9 Å². The Bertz CT molecular complexity index is 721. The molecule has 0 unspecified atom stereocenters. The van der Waals surface area contributed by atoms with Crippen LogP contribution in [0, 0.1) is 6.92 Å². The highest BCUT2D eigenvalue weighted by Gasteiger charge is 2.27. The molecule has 0 aromatic carbocycles. The molecule has 122 valence electrons. The summed E-state index contributed by atoms with van der Waals surface area (Å²) >= 11 is 1.70. The van der Waals surface area contributed by atoms with Gasteiger partial charge in [-0.15, -0.1) is 11.3 Å². The SMILES string of the molecule is Cc1cn2c(n1)CC[C@H](NC(=O)C[C@@H]1OCCc3ccsc31)C2. The number of aryl methyl sites for hydroxylation is 2. The fraction of sp³-hybridized carbons (Fsp3) is 0.529. The summed E-state index contributed by atoms with van der Waals surface area (Å²) in [6.45, 7) is 3.54. The van der Waals surface area contributed by atoms with Crippen molar-refractivity contribution in [2.45, 2.75) is 51.3 Å². The maximum atomic E-state index is 12.4. The van der Waals surface area contributed by atoms with Crippen molar-refractivity contribution >= 4 is 17.2 Å². The van der Waals surface area contributed by atoms with Gasteiger partial charge < -0.3 is 14.6 Å². The predicted molar refractivity (Wildman–Crippen MR) is 88.5 cm³/mol. The fourth-order valence-electron chi connectivity index (χ4n) is 3.53. The summed E-state index contributed by atoms with van der Waals surface area (Å²) in [4.78, 5) is 18.2. The van der Waals surface area contributed by atoms with Crippen LogP contribution in [0.25, 0.3) is 0 Å². The first-order chi connectivity index (χ1) is 11.2. The van der Waals surface area contributed by atoms with E-state index in [1.165, 1.54) is 10.4 Å². The van der Waals surface area contributed by atoms with Crippen LogP contribution < -0.4 is 5.32 Å². The number of thiophene rings is 1. The zero-order chi connectivity index (χ0) is 15.8. The Hall–Kier alpha value is -1.66. The molecule has 2 aliphatic heterocycles. The van der Waals surface area contributed by atoms with Gasteiger partial charge in [-0.05, 0) is 36.8 Å². The summed E-state index contributed by atoms with van der Waals surface area (Å²) in [6.07, 6.45) is 5.25. The van der Waals surface area contributed by atoms with Crippen LogP contribution in [0.1, 0.15) is 40.9 Å². The molecule has 0 radical (unpaired) electrons. The van der Waals surface area contributed by atoms with Gasteiger partial charge in [-0.3, -0.25) is 4.79 Å². The van der Waals surface area contributed by atoms with E-state index in [0.717, 1.165) is 37.3 Å². The second-order valence-corrected chi connectivity index (χ2v) is 7.33. The first kappa shape index (κ1) is 14.9. The van der Waals surface area contributed by atoms with E-state index in [1.807, 2.05) is 6.92 Å². The number of amides is 1. The standard InChI is InChI=1S/C17H21N3O2S/c1-11-9-20-10-13(2-3-15(20)18-11)19-16(21)8-14-17-12(4-6-22-14)5-7-23-17/h5,7,9,13-14H,2-4,6,8,10H2,1H3,(H,19,21)/t13-,14-/m0/s1. The third-order valence-electron chi connectivity index (χ3n) is 4.61. The molecule has 0 aliphatic carbocycles. The Labute approximate surface area is 139 Å². The Balaban J connectivity index is 1.37. The summed E-state index contributed by atoms with van der Waals surface area (Å²) in [5.41, 5.74) is 2.39. The van der Waals surface area contributed by atoms with Crippen LogP contribution >= 0.6 is 11.3 Å². The van der Waals surface area contributed by atoms with Gasteiger partial charge in [0.15, 0.2) is 0 Å². The number of carbonyl (C=O) groups excluding carboxylic acids is 1. The zero-order valence-corrected chi connectivity index (χ0v) is 14.1. The Kier molecular flexibility index (Phi) is 3.95. The van der Waals surface area contributed by atoms with E-state index in [0.29, 0.717) is 13.0 Å². The fourth-order valence-corrected chi connectivity index (χ4v) is 4.54. The Morgan fingerprint density at radius 1 is 1.52 bits per heavy atom. The lowest BCUT2D eigenvalue weighted by Gasteiger charge is -2.27. The molecule has 4 rings (SSSR count). The van der Waals surface area contributed by atoms with E-state index in [9.17, 15) is 4.79 Å². The van der Waals surface area contributed by atoms with Crippen LogP contribution in [-0.2, 0) is 28.9 Å². The molecule has 0 spiro atoms. The number of carbonyl (C=O) groups is 1. The maximum Gasteiger partial charge on any atom is 0.223 e. The lowest BCUT2D eigenvalue weighted by Crippen LogP contribution is -2.41. The van der Waals surface area contributed by atoms with Gasteiger partial charge in [-0.2, -0.15) is 0 Å². The molecule has 0 fully saturated rings. The van der Waals surface area contributed by atoms with E-state index in [4.69, 9.17) is 4.74 Å². The molecule has 0 bridgehead atoms. The minimum Gasteiger partial charge on any atom is -0.372 e. The summed E-state index contributed by atoms with van der Waals surface area (Å²) in [7, 11) is 0. The number of nitrogens with one attached hydrogen (secondary N) is 1. The van der Waals surface area contributed by atoms with Crippen LogP contribution in [0.2, 0.25) is 0 Å². The number of nitrogens with zero attached hydrogens (tertiary/aromatic N) is 2. The quantitative estimate of drug-likeness (QED) is 0.939. The first-order valence-electron chi connectivity index (χ1n) is 8.19. The number of fused-ring (bicyclic) bond motifs is 2. The van der Waals surface area contributed by atoms with Gasteiger partial charge in [0.05, 0.1) is 18.7 Å². The molecule has 2 aromatic rings. The van der Waals surface area contributed by atoms with Crippen LogP contribution in [0.3, 0.4) is 0 Å². The van der Waals surface area contributed by atoms with Gasteiger partial charge in [0.1, 0.15) is 11.9 Å². The van der Waals surface area contributed by atoms with Crippen molar-refractivity contribution in [2.24, 2.45) is 0 Å². The summed E-state index contributed by atoms with van der Waals surface area (Å²) in [5.74, 6) is 1.22. The third kappa shape index (κ3) is 3.05. The van der Waals surface area contributed by atoms with Crippen LogP contribution in [-0.4, -0.2) is 28.1 Å². The summed E-state index contributed by atoms with van der Waals surface area (Å²) < 4.78 is 7.98. The molecule has 23 heavy (non-hydrogen) atoms. The van der Waals surface area contributed by atoms with E-state index in [2.05, 4.69) is 32.5 Å². The van der Waals surface area contributed by atoms with Crippen molar-refractivity contribution in [3.05, 3.63) is 39.6 Å². The van der Waals surface area contributed by atoms with Gasteiger partial charge in [0.25, 0.3) is 0 Å². The molecule has 0 saturated carbocycles. The van der Waals surface area contributed by atoms with Crippen molar-refractivity contribution in [1.29, 1.82) is 0 Å². The van der Waals surface area contributed by atoms with Crippen LogP contribution in [0.15, 0.2) is 17.6 Å². The highest BCUT2D eigenvalue weighted by atomic mass is 32.1. The monoisotopic (exact) mass is 331 g/mol. The zero-order valence-electron chi connectivity index (χ0n) is 13.2. The second kappa shape index (κ2) is 6.09. The van der Waals surface area contributed by atoms with E-state index >= 15 is 0 Å². The third-order valence-corrected chi connectivity index (χ3v) is 5.66. The number of hydrogen-bond donors (Lipinski definition) is 1. The number of rotatable bonds is 3. The topological polar surface area (TPSA) is 56.2 Å². The maximum absolute atomic E-state index is 12.4. The van der Waals surface area contributed by atoms with Gasteiger partial charge in [-0.1, -0.05) is 0 Å². The number of ether oxygens (including phenoxy) is 1. The average Bonchev–Trinajstić information content (AvgIpc) is 3.12. The smallest absolute Gasteiger partial charge is 0.223 e. The molecule has 4 heterocycles. The highest BCUT2D eigenvalue weighted by Crippen LogP contribution is 2.33. The minimum atomic E-state index is -0.0756. The van der Waals surface area contributed by atoms with Crippen LogP contribution in [0.5, 0.6) is 0 Å². The molecule has 2 aliphatic rings. The van der Waals surface area contributed by atoms with Crippen molar-refractivity contribution in [3.8, 4) is 0 Å². The summed E-state index contributed by atoms with van der Waals surface area (Å²) in [6, 6.07) is 2.34. The largest absolute Gasteiger partial charge is 0.372 e. The molecular formula is C17H21N3O2S. The van der Waals surface area contributed by atoms with Crippen molar-refractivity contribution in [2.75, 3.05) is 6.61 Å². The molecule has 2 atom stereocenters. The molecule has 6 heteroatoms. The summed E-state index contributed by atoms with van der Waals surface area (Å²) in [5, 5.41) is 5.27. The average molecular weight is 331 g/mol. The van der Waals surface area contributed by atoms with Crippen molar-refractivity contribution < 1.29 is 9.53 Å². The van der Waals surface area contributed by atoms with Gasteiger partial charge >= 0.3 is 0 Å². The lowest BCUT2D eigenvalue weighted by molar-refractivity contribution is -0.125. The first-order valence-corrected chi connectivity index (χ1v) is 9.07. The van der Waals surface area contributed by atoms with Gasteiger partial charge in [-0.25, -0.2) is 4.98 Å². The predicted octanol–water partition coefficient (Wildman–Crippen LogP) is 2.39. The minimum absolute atomic E-state index is 0.0756. The lowest BCUT2D eigenvalue weighted by atomic mass is 10.0. The van der Waals surface area contributed by atoms with Crippen LogP contribution in [0.4, 0.5) is 0 Å². The van der Waals surface area contributed by atoms with Crippen molar-refractivity contribution in [3.63, 3.8) is 0 Å². The highest BCUT2D eigenvalue weighted by molar-refractivity contribution is 7.10. The van der Waals surface area contributed by atoms with Gasteiger partial charge in [0.2, 0.25) is 5.91 Å².